The van der Waals surface area contributed by atoms with Crippen molar-refractivity contribution in [3.05, 3.63) is 53.3 Å². The highest BCUT2D eigenvalue weighted by Crippen LogP contribution is 2.37. The minimum Gasteiger partial charge on any atom is -0.492 e. The van der Waals surface area contributed by atoms with E-state index in [-0.39, 0.29) is 11.6 Å². The number of hydrogen-bond acceptors (Lipinski definition) is 2. The smallest absolute Gasteiger partial charge is 0.170 e. The van der Waals surface area contributed by atoms with Crippen LogP contribution in [0.5, 0.6) is 5.75 Å². The van der Waals surface area contributed by atoms with Gasteiger partial charge in [-0.05, 0) is 42.3 Å². The summed E-state index contributed by atoms with van der Waals surface area (Å²) in [5, 5.41) is 0. The molecule has 0 amide bonds. The van der Waals surface area contributed by atoms with Crippen LogP contribution in [0.3, 0.4) is 0 Å². The van der Waals surface area contributed by atoms with E-state index in [1.54, 1.807) is 12.1 Å². The highest BCUT2D eigenvalue weighted by Gasteiger charge is 2.22. The van der Waals surface area contributed by atoms with Gasteiger partial charge in [0.05, 0.1) is 12.2 Å². The zero-order chi connectivity index (χ0) is 13.4. The molecule has 2 aromatic rings. The van der Waals surface area contributed by atoms with Crippen LogP contribution in [0.2, 0.25) is 0 Å². The molecule has 19 heavy (non-hydrogen) atoms. The van der Waals surface area contributed by atoms with Crippen molar-refractivity contribution in [1.82, 2.24) is 0 Å². The average molecular weight is 256 g/mol. The number of ketones is 1. The summed E-state index contributed by atoms with van der Waals surface area (Å²) in [4.78, 5) is 11.9. The van der Waals surface area contributed by atoms with Crippen molar-refractivity contribution in [1.29, 1.82) is 0 Å². The first-order valence-corrected chi connectivity index (χ1v) is 6.22. The molecule has 0 spiro atoms. The van der Waals surface area contributed by atoms with E-state index in [0.29, 0.717) is 24.3 Å². The normalized spacial score (nSPS) is 13.9. The number of aryl methyl sites for hydroxylation is 1. The molecule has 0 unspecified atom stereocenters. The van der Waals surface area contributed by atoms with Crippen molar-refractivity contribution < 1.29 is 13.9 Å². The Balaban J connectivity index is 2.21. The SMILES string of the molecule is Cc1cc2c(c(-c3ccc(F)cc3)c1)OCCC2=O. The third-order valence-electron chi connectivity index (χ3n) is 3.26. The van der Waals surface area contributed by atoms with Gasteiger partial charge in [0.1, 0.15) is 11.6 Å². The van der Waals surface area contributed by atoms with E-state index in [9.17, 15) is 9.18 Å². The Labute approximate surface area is 110 Å². The molecule has 1 heterocycles. The molecule has 1 aliphatic rings. The number of rotatable bonds is 1. The molecular formula is C16H13FO2. The van der Waals surface area contributed by atoms with Crippen molar-refractivity contribution in [3.8, 4) is 16.9 Å². The molecule has 0 fully saturated rings. The highest BCUT2D eigenvalue weighted by atomic mass is 19.1. The molecule has 3 rings (SSSR count). The fourth-order valence-electron chi connectivity index (χ4n) is 2.36. The van der Waals surface area contributed by atoms with Crippen LogP contribution < -0.4 is 4.74 Å². The minimum absolute atomic E-state index is 0.105. The van der Waals surface area contributed by atoms with E-state index in [4.69, 9.17) is 4.74 Å². The molecule has 1 aliphatic heterocycles. The van der Waals surface area contributed by atoms with Gasteiger partial charge in [0, 0.05) is 12.0 Å². The first-order chi connectivity index (χ1) is 9.15. The molecule has 96 valence electrons. The molecule has 0 aliphatic carbocycles. The summed E-state index contributed by atoms with van der Waals surface area (Å²) < 4.78 is 18.6. The third kappa shape index (κ3) is 2.12. The zero-order valence-corrected chi connectivity index (χ0v) is 10.6. The van der Waals surface area contributed by atoms with Crippen LogP contribution in [0.25, 0.3) is 11.1 Å². The maximum Gasteiger partial charge on any atom is 0.170 e. The standard InChI is InChI=1S/C16H13FO2/c1-10-8-13(11-2-4-12(17)5-3-11)16-14(9-10)15(18)6-7-19-16/h2-5,8-9H,6-7H2,1H3. The number of carbonyl (C=O) groups is 1. The number of benzene rings is 2. The summed E-state index contributed by atoms with van der Waals surface area (Å²) in [5.74, 6) is 0.448. The lowest BCUT2D eigenvalue weighted by Crippen LogP contribution is -2.16. The zero-order valence-electron chi connectivity index (χ0n) is 10.6. The minimum atomic E-state index is -0.276. The summed E-state index contributed by atoms with van der Waals surface area (Å²) in [6.07, 6.45) is 0.416. The van der Waals surface area contributed by atoms with Crippen molar-refractivity contribution in [2.24, 2.45) is 0 Å². The average Bonchev–Trinajstić information content (AvgIpc) is 2.40. The van der Waals surface area contributed by atoms with Gasteiger partial charge < -0.3 is 4.74 Å². The van der Waals surface area contributed by atoms with Crippen molar-refractivity contribution in [2.75, 3.05) is 6.61 Å². The molecule has 0 saturated carbocycles. The number of Topliss-reactive ketones (excluding diaryl/α,β-unsaturated/α-hetero) is 1. The number of hydrogen-bond donors (Lipinski definition) is 0. The largest absolute Gasteiger partial charge is 0.492 e. The van der Waals surface area contributed by atoms with Gasteiger partial charge in [0.15, 0.2) is 5.78 Å². The monoisotopic (exact) mass is 256 g/mol. The molecular weight excluding hydrogens is 243 g/mol. The van der Waals surface area contributed by atoms with Crippen LogP contribution in [0.15, 0.2) is 36.4 Å². The van der Waals surface area contributed by atoms with E-state index >= 15 is 0 Å². The Kier molecular flexibility index (Phi) is 2.82. The van der Waals surface area contributed by atoms with Gasteiger partial charge in [-0.2, -0.15) is 0 Å². The van der Waals surface area contributed by atoms with Gasteiger partial charge in [-0.3, -0.25) is 4.79 Å². The van der Waals surface area contributed by atoms with Gasteiger partial charge in [-0.1, -0.05) is 12.1 Å². The Morgan fingerprint density at radius 2 is 1.79 bits per heavy atom. The summed E-state index contributed by atoms with van der Waals surface area (Å²) in [6.45, 7) is 2.35. The van der Waals surface area contributed by atoms with Gasteiger partial charge in [0.25, 0.3) is 0 Å². The molecule has 0 atom stereocenters. The summed E-state index contributed by atoms with van der Waals surface area (Å²) in [5.41, 5.74) is 3.33. The van der Waals surface area contributed by atoms with Crippen molar-refractivity contribution in [2.45, 2.75) is 13.3 Å². The topological polar surface area (TPSA) is 26.3 Å². The lowest BCUT2D eigenvalue weighted by molar-refractivity contribution is 0.0934. The van der Waals surface area contributed by atoms with Crippen LogP contribution >= 0.6 is 0 Å². The van der Waals surface area contributed by atoms with Crippen LogP contribution in [-0.2, 0) is 0 Å². The highest BCUT2D eigenvalue weighted by molar-refractivity contribution is 6.02. The van der Waals surface area contributed by atoms with Crippen LogP contribution in [0.1, 0.15) is 22.3 Å². The summed E-state index contributed by atoms with van der Waals surface area (Å²) in [7, 11) is 0. The fraction of sp³-hybridized carbons (Fsp3) is 0.188. The van der Waals surface area contributed by atoms with E-state index in [1.807, 2.05) is 19.1 Å². The Bertz CT molecular complexity index is 645. The summed E-state index contributed by atoms with van der Waals surface area (Å²) >= 11 is 0. The molecule has 3 heteroatoms. The number of carbonyl (C=O) groups excluding carboxylic acids is 1. The Morgan fingerprint density at radius 3 is 2.53 bits per heavy atom. The van der Waals surface area contributed by atoms with Crippen LogP contribution in [0, 0.1) is 12.7 Å². The van der Waals surface area contributed by atoms with Gasteiger partial charge >= 0.3 is 0 Å². The van der Waals surface area contributed by atoms with E-state index in [1.165, 1.54) is 12.1 Å². The van der Waals surface area contributed by atoms with E-state index < -0.39 is 0 Å². The van der Waals surface area contributed by atoms with E-state index in [0.717, 1.165) is 16.7 Å². The Hall–Kier alpha value is -2.16. The third-order valence-corrected chi connectivity index (χ3v) is 3.26. The predicted octanol–water partition coefficient (Wildman–Crippen LogP) is 3.77. The number of fused-ring (bicyclic) bond motifs is 1. The van der Waals surface area contributed by atoms with Crippen molar-refractivity contribution >= 4 is 5.78 Å². The first kappa shape index (κ1) is 11.9. The molecule has 2 nitrogen and oxygen atoms in total. The second-order valence-electron chi connectivity index (χ2n) is 4.72. The maximum absolute atomic E-state index is 13.0. The van der Waals surface area contributed by atoms with Crippen molar-refractivity contribution in [3.63, 3.8) is 0 Å². The fourth-order valence-corrected chi connectivity index (χ4v) is 2.36. The van der Waals surface area contributed by atoms with Crippen LogP contribution in [0.4, 0.5) is 4.39 Å². The first-order valence-electron chi connectivity index (χ1n) is 6.22. The molecule has 0 aromatic heterocycles. The lowest BCUT2D eigenvalue weighted by Gasteiger charge is -2.20. The number of ether oxygens (including phenoxy) is 1. The van der Waals surface area contributed by atoms with Gasteiger partial charge in [-0.25, -0.2) is 4.39 Å². The summed E-state index contributed by atoms with van der Waals surface area (Å²) in [6, 6.07) is 10.0. The quantitative estimate of drug-likeness (QED) is 0.776. The Morgan fingerprint density at radius 1 is 1.11 bits per heavy atom. The molecule has 0 radical (unpaired) electrons. The number of halogens is 1. The predicted molar refractivity (Wildman–Crippen MR) is 71.0 cm³/mol. The molecule has 0 saturated heterocycles. The molecule has 0 bridgehead atoms. The maximum atomic E-state index is 13.0. The van der Waals surface area contributed by atoms with E-state index in [2.05, 4.69) is 0 Å². The van der Waals surface area contributed by atoms with Crippen LogP contribution in [-0.4, -0.2) is 12.4 Å². The second-order valence-corrected chi connectivity index (χ2v) is 4.72. The molecule has 2 aromatic carbocycles. The molecule has 0 N–H and O–H groups in total. The van der Waals surface area contributed by atoms with Gasteiger partial charge in [-0.15, -0.1) is 0 Å². The van der Waals surface area contributed by atoms with Gasteiger partial charge in [0.2, 0.25) is 0 Å². The lowest BCUT2D eigenvalue weighted by atomic mass is 9.94. The second kappa shape index (κ2) is 4.50.